The molecule has 0 aliphatic rings. The van der Waals surface area contributed by atoms with Gasteiger partial charge in [0.2, 0.25) is 0 Å². The van der Waals surface area contributed by atoms with Crippen LogP contribution in [0.25, 0.3) is 0 Å². The second-order valence-corrected chi connectivity index (χ2v) is 5.36. The van der Waals surface area contributed by atoms with Crippen molar-refractivity contribution < 1.29 is 23.1 Å². The minimum atomic E-state index is -1.12. The average Bonchev–Trinajstić information content (AvgIpc) is 2.30. The second-order valence-electron chi connectivity index (χ2n) is 5.36. The molecule has 1 aromatic rings. The molecule has 1 aromatic carbocycles. The third-order valence-electron chi connectivity index (χ3n) is 2.29. The number of amides is 1. The van der Waals surface area contributed by atoms with Crippen molar-refractivity contribution in [1.29, 1.82) is 0 Å². The van der Waals surface area contributed by atoms with E-state index in [0.29, 0.717) is 0 Å². The van der Waals surface area contributed by atoms with Gasteiger partial charge in [0.15, 0.2) is 11.6 Å². The molecule has 0 aromatic heterocycles. The van der Waals surface area contributed by atoms with Gasteiger partial charge in [-0.15, -0.1) is 0 Å². The molecule has 6 heteroatoms. The van der Waals surface area contributed by atoms with Crippen LogP contribution in [0.15, 0.2) is 18.2 Å². The largest absolute Gasteiger partial charge is 0.458 e. The smallest absolute Gasteiger partial charge is 0.328 e. The maximum absolute atomic E-state index is 13.0. The molecule has 0 aliphatic heterocycles. The molecule has 0 heterocycles. The van der Waals surface area contributed by atoms with Crippen LogP contribution in [0.2, 0.25) is 0 Å². The van der Waals surface area contributed by atoms with Crippen LogP contribution in [-0.2, 0) is 9.53 Å². The summed E-state index contributed by atoms with van der Waals surface area (Å²) < 4.78 is 30.9. The lowest BCUT2D eigenvalue weighted by Gasteiger charge is -2.22. The number of nitrogens with one attached hydrogen (secondary N) is 1. The van der Waals surface area contributed by atoms with Gasteiger partial charge in [-0.3, -0.25) is 4.79 Å². The predicted octanol–water partition coefficient (Wildman–Crippen LogP) is 2.42. The summed E-state index contributed by atoms with van der Waals surface area (Å²) in [5.74, 6) is -3.44. The molecule has 0 spiro atoms. The summed E-state index contributed by atoms with van der Waals surface area (Å²) in [7, 11) is 0. The summed E-state index contributed by atoms with van der Waals surface area (Å²) in [6, 6.07) is 1.86. The Hall–Kier alpha value is -1.98. The van der Waals surface area contributed by atoms with Crippen molar-refractivity contribution in [2.45, 2.75) is 39.3 Å². The Bertz CT molecular complexity index is 524. The number of carbonyl (C=O) groups excluding carboxylic acids is 2. The van der Waals surface area contributed by atoms with Crippen molar-refractivity contribution in [3.05, 3.63) is 35.4 Å². The van der Waals surface area contributed by atoms with Gasteiger partial charge in [0.25, 0.3) is 5.91 Å². The monoisotopic (exact) mass is 285 g/mol. The van der Waals surface area contributed by atoms with Gasteiger partial charge in [-0.25, -0.2) is 13.6 Å². The van der Waals surface area contributed by atoms with E-state index < -0.39 is 35.2 Å². The quantitative estimate of drug-likeness (QED) is 0.868. The lowest BCUT2D eigenvalue weighted by atomic mass is 10.1. The number of ether oxygens (including phenoxy) is 1. The van der Waals surface area contributed by atoms with E-state index in [9.17, 15) is 18.4 Å². The number of benzene rings is 1. The molecule has 0 fully saturated rings. The molecular weight excluding hydrogens is 268 g/mol. The first-order chi connectivity index (χ1) is 9.10. The summed E-state index contributed by atoms with van der Waals surface area (Å²) in [5, 5.41) is 2.36. The maximum Gasteiger partial charge on any atom is 0.328 e. The first kappa shape index (κ1) is 16.1. The lowest BCUT2D eigenvalue weighted by Crippen LogP contribution is -2.42. The van der Waals surface area contributed by atoms with E-state index in [1.807, 2.05) is 0 Å². The topological polar surface area (TPSA) is 55.4 Å². The van der Waals surface area contributed by atoms with Gasteiger partial charge in [-0.05, 0) is 45.9 Å². The van der Waals surface area contributed by atoms with Crippen LogP contribution in [0.5, 0.6) is 0 Å². The maximum atomic E-state index is 13.0. The molecule has 1 amide bonds. The number of hydrogen-bond donors (Lipinski definition) is 1. The first-order valence-electron chi connectivity index (χ1n) is 6.09. The van der Waals surface area contributed by atoms with Crippen molar-refractivity contribution in [2.24, 2.45) is 0 Å². The third-order valence-corrected chi connectivity index (χ3v) is 2.29. The Morgan fingerprint density at radius 3 is 2.30 bits per heavy atom. The van der Waals surface area contributed by atoms with E-state index in [2.05, 4.69) is 5.32 Å². The second kappa shape index (κ2) is 5.98. The molecule has 0 radical (unpaired) electrons. The molecule has 0 aliphatic carbocycles. The van der Waals surface area contributed by atoms with Gasteiger partial charge in [0.1, 0.15) is 11.6 Å². The van der Waals surface area contributed by atoms with Crippen molar-refractivity contribution in [1.82, 2.24) is 5.32 Å². The third kappa shape index (κ3) is 4.60. The molecule has 110 valence electrons. The fraction of sp³-hybridized carbons (Fsp3) is 0.429. The zero-order valence-electron chi connectivity index (χ0n) is 11.8. The Morgan fingerprint density at radius 1 is 1.20 bits per heavy atom. The summed E-state index contributed by atoms with van der Waals surface area (Å²) in [4.78, 5) is 23.5. The molecule has 1 rings (SSSR count). The van der Waals surface area contributed by atoms with Crippen molar-refractivity contribution >= 4 is 11.9 Å². The summed E-state index contributed by atoms with van der Waals surface area (Å²) in [5.41, 5.74) is -0.739. The molecule has 0 saturated heterocycles. The Balaban J connectivity index is 2.70. The van der Waals surface area contributed by atoms with Crippen LogP contribution in [0.1, 0.15) is 38.1 Å². The minimum absolute atomic E-state index is 0.0701. The normalized spacial score (nSPS) is 12.7. The van der Waals surface area contributed by atoms with E-state index >= 15 is 0 Å². The molecule has 4 nitrogen and oxygen atoms in total. The van der Waals surface area contributed by atoms with Gasteiger partial charge in [-0.1, -0.05) is 0 Å². The summed E-state index contributed by atoms with van der Waals surface area (Å²) >= 11 is 0. The first-order valence-corrected chi connectivity index (χ1v) is 6.09. The number of halogens is 2. The van der Waals surface area contributed by atoms with E-state index in [4.69, 9.17) is 4.74 Å². The van der Waals surface area contributed by atoms with Crippen LogP contribution < -0.4 is 5.32 Å². The molecular formula is C14H17F2NO3. The summed E-state index contributed by atoms with van der Waals surface area (Å²) in [6.07, 6.45) is 0. The Labute approximate surface area is 116 Å². The van der Waals surface area contributed by atoms with Crippen LogP contribution in [0, 0.1) is 11.6 Å². The SMILES string of the molecule is C[C@@H](NC(=O)c1ccc(F)c(F)c1)C(=O)OC(C)(C)C. The number of hydrogen-bond acceptors (Lipinski definition) is 3. The van der Waals surface area contributed by atoms with Gasteiger partial charge in [0, 0.05) is 5.56 Å². The molecule has 1 atom stereocenters. The minimum Gasteiger partial charge on any atom is -0.458 e. The standard InChI is InChI=1S/C14H17F2NO3/c1-8(13(19)20-14(2,3)4)17-12(18)9-5-6-10(15)11(16)7-9/h5-8H,1-4H3,(H,17,18)/t8-/m1/s1. The van der Waals surface area contributed by atoms with E-state index in [1.54, 1.807) is 20.8 Å². The van der Waals surface area contributed by atoms with Crippen LogP contribution in [0.4, 0.5) is 8.78 Å². The molecule has 0 saturated carbocycles. The zero-order chi connectivity index (χ0) is 15.5. The van der Waals surface area contributed by atoms with E-state index in [1.165, 1.54) is 6.92 Å². The number of esters is 1. The highest BCUT2D eigenvalue weighted by molar-refractivity contribution is 5.96. The molecule has 0 bridgehead atoms. The molecule has 1 N–H and O–H groups in total. The fourth-order valence-corrected chi connectivity index (χ4v) is 1.37. The lowest BCUT2D eigenvalue weighted by molar-refractivity contribution is -0.156. The van der Waals surface area contributed by atoms with Gasteiger partial charge >= 0.3 is 5.97 Å². The number of carbonyl (C=O) groups is 2. The highest BCUT2D eigenvalue weighted by atomic mass is 19.2. The Kier molecular flexibility index (Phi) is 4.81. The van der Waals surface area contributed by atoms with Crippen LogP contribution >= 0.6 is 0 Å². The highest BCUT2D eigenvalue weighted by Gasteiger charge is 2.23. The Morgan fingerprint density at radius 2 is 1.80 bits per heavy atom. The van der Waals surface area contributed by atoms with Crippen LogP contribution in [0.3, 0.4) is 0 Å². The predicted molar refractivity (Wildman–Crippen MR) is 69.1 cm³/mol. The van der Waals surface area contributed by atoms with Gasteiger partial charge in [0.05, 0.1) is 0 Å². The highest BCUT2D eigenvalue weighted by Crippen LogP contribution is 2.10. The van der Waals surface area contributed by atoms with Crippen molar-refractivity contribution in [2.75, 3.05) is 0 Å². The van der Waals surface area contributed by atoms with E-state index in [0.717, 1.165) is 18.2 Å². The molecule has 0 unspecified atom stereocenters. The van der Waals surface area contributed by atoms with E-state index in [-0.39, 0.29) is 5.56 Å². The number of rotatable bonds is 3. The van der Waals surface area contributed by atoms with Crippen molar-refractivity contribution in [3.8, 4) is 0 Å². The fourth-order valence-electron chi connectivity index (χ4n) is 1.37. The van der Waals surface area contributed by atoms with Crippen molar-refractivity contribution in [3.63, 3.8) is 0 Å². The molecule has 20 heavy (non-hydrogen) atoms. The zero-order valence-corrected chi connectivity index (χ0v) is 11.8. The van der Waals surface area contributed by atoms with Gasteiger partial charge < -0.3 is 10.1 Å². The van der Waals surface area contributed by atoms with Crippen LogP contribution in [-0.4, -0.2) is 23.5 Å². The average molecular weight is 285 g/mol. The van der Waals surface area contributed by atoms with Gasteiger partial charge in [-0.2, -0.15) is 0 Å². The summed E-state index contributed by atoms with van der Waals surface area (Å²) in [6.45, 7) is 6.56.